The van der Waals surface area contributed by atoms with Crippen molar-refractivity contribution in [2.45, 2.75) is 26.8 Å². The topological polar surface area (TPSA) is 47.7 Å². The highest BCUT2D eigenvalue weighted by molar-refractivity contribution is 9.10. The van der Waals surface area contributed by atoms with Gasteiger partial charge >= 0.3 is 0 Å². The SMILES string of the molecule is Cc1cc(Br)c(N)c(OC=C2CN(C(C)C)CCO2)c1. The first kappa shape index (κ1) is 15.2. The molecule has 5 heteroatoms. The fourth-order valence-electron chi connectivity index (χ4n) is 2.08. The number of anilines is 1. The summed E-state index contributed by atoms with van der Waals surface area (Å²) in [6.07, 6.45) is 1.66. The van der Waals surface area contributed by atoms with Gasteiger partial charge in [0.05, 0.1) is 12.2 Å². The molecule has 0 saturated carbocycles. The second-order valence-electron chi connectivity index (χ2n) is 5.27. The number of rotatable bonds is 3. The molecule has 20 heavy (non-hydrogen) atoms. The van der Waals surface area contributed by atoms with E-state index < -0.39 is 0 Å². The second kappa shape index (κ2) is 6.50. The van der Waals surface area contributed by atoms with E-state index in [9.17, 15) is 0 Å². The minimum Gasteiger partial charge on any atom is -0.492 e. The van der Waals surface area contributed by atoms with Crippen LogP contribution in [0, 0.1) is 6.92 Å². The molecule has 0 unspecified atom stereocenters. The fraction of sp³-hybridized carbons (Fsp3) is 0.467. The van der Waals surface area contributed by atoms with E-state index in [1.165, 1.54) is 0 Å². The lowest BCUT2D eigenvalue weighted by molar-refractivity contribution is 0.0710. The number of nitrogen functional groups attached to an aromatic ring is 1. The van der Waals surface area contributed by atoms with E-state index >= 15 is 0 Å². The summed E-state index contributed by atoms with van der Waals surface area (Å²) in [6, 6.07) is 4.38. The van der Waals surface area contributed by atoms with E-state index in [0.29, 0.717) is 24.1 Å². The first-order valence-electron chi connectivity index (χ1n) is 6.75. The summed E-state index contributed by atoms with van der Waals surface area (Å²) in [4.78, 5) is 2.34. The highest BCUT2D eigenvalue weighted by atomic mass is 79.9. The zero-order valence-electron chi connectivity index (χ0n) is 12.1. The predicted octanol–water partition coefficient (Wildman–Crippen LogP) is 3.30. The van der Waals surface area contributed by atoms with Gasteiger partial charge in [-0.15, -0.1) is 0 Å². The average Bonchev–Trinajstić information content (AvgIpc) is 2.41. The number of halogens is 1. The first-order chi connectivity index (χ1) is 9.47. The first-order valence-corrected chi connectivity index (χ1v) is 7.55. The molecule has 2 N–H and O–H groups in total. The quantitative estimate of drug-likeness (QED) is 0.677. The lowest BCUT2D eigenvalue weighted by Crippen LogP contribution is -2.39. The Kier molecular flexibility index (Phi) is 4.94. The molecule has 0 spiro atoms. The van der Waals surface area contributed by atoms with Crippen molar-refractivity contribution in [2.75, 3.05) is 25.4 Å². The number of morpholine rings is 1. The van der Waals surface area contributed by atoms with Gasteiger partial charge in [0.1, 0.15) is 18.6 Å². The van der Waals surface area contributed by atoms with Crippen LogP contribution >= 0.6 is 15.9 Å². The minimum absolute atomic E-state index is 0.500. The molecule has 0 aliphatic carbocycles. The summed E-state index contributed by atoms with van der Waals surface area (Å²) < 4.78 is 12.2. The molecule has 110 valence electrons. The highest BCUT2D eigenvalue weighted by Crippen LogP contribution is 2.31. The summed E-state index contributed by atoms with van der Waals surface area (Å²) in [7, 11) is 0. The third kappa shape index (κ3) is 3.67. The molecule has 2 rings (SSSR count). The Morgan fingerprint density at radius 3 is 2.90 bits per heavy atom. The van der Waals surface area contributed by atoms with Crippen LogP contribution in [-0.2, 0) is 4.74 Å². The molecule has 1 aliphatic heterocycles. The summed E-state index contributed by atoms with van der Waals surface area (Å²) >= 11 is 3.43. The molecule has 0 atom stereocenters. The van der Waals surface area contributed by atoms with Crippen molar-refractivity contribution in [1.82, 2.24) is 4.90 Å². The predicted molar refractivity (Wildman–Crippen MR) is 84.7 cm³/mol. The molecule has 1 saturated heterocycles. The van der Waals surface area contributed by atoms with E-state index in [1.807, 2.05) is 19.1 Å². The molecular formula is C15H21BrN2O2. The highest BCUT2D eigenvalue weighted by Gasteiger charge is 2.18. The summed E-state index contributed by atoms with van der Waals surface area (Å²) in [5.41, 5.74) is 7.68. The molecule has 1 aromatic rings. The van der Waals surface area contributed by atoms with E-state index in [0.717, 1.165) is 28.9 Å². The second-order valence-corrected chi connectivity index (χ2v) is 6.13. The van der Waals surface area contributed by atoms with E-state index in [2.05, 4.69) is 34.7 Å². The van der Waals surface area contributed by atoms with Crippen LogP contribution < -0.4 is 10.5 Å². The van der Waals surface area contributed by atoms with Gasteiger partial charge in [-0.25, -0.2) is 0 Å². The Morgan fingerprint density at radius 1 is 1.45 bits per heavy atom. The maximum Gasteiger partial charge on any atom is 0.151 e. The summed E-state index contributed by atoms with van der Waals surface area (Å²) in [5, 5.41) is 0. The molecule has 1 aliphatic rings. The summed E-state index contributed by atoms with van der Waals surface area (Å²) in [6.45, 7) is 8.78. The monoisotopic (exact) mass is 340 g/mol. The number of nitrogens with two attached hydrogens (primary N) is 1. The van der Waals surface area contributed by atoms with Gasteiger partial charge < -0.3 is 15.2 Å². The molecule has 0 aromatic heterocycles. The number of ether oxygens (including phenoxy) is 2. The number of benzene rings is 1. The van der Waals surface area contributed by atoms with Gasteiger partial charge in [-0.2, -0.15) is 0 Å². The third-order valence-electron chi connectivity index (χ3n) is 3.31. The van der Waals surface area contributed by atoms with Gasteiger partial charge in [-0.3, -0.25) is 4.90 Å². The van der Waals surface area contributed by atoms with Crippen LogP contribution in [0.5, 0.6) is 5.75 Å². The molecule has 1 fully saturated rings. The van der Waals surface area contributed by atoms with Crippen LogP contribution in [0.4, 0.5) is 5.69 Å². The van der Waals surface area contributed by atoms with Crippen molar-refractivity contribution in [3.8, 4) is 5.75 Å². The molecule has 0 radical (unpaired) electrons. The fourth-order valence-corrected chi connectivity index (χ4v) is 2.64. The Morgan fingerprint density at radius 2 is 2.20 bits per heavy atom. The van der Waals surface area contributed by atoms with Gasteiger partial charge in [0, 0.05) is 17.1 Å². The number of hydrogen-bond acceptors (Lipinski definition) is 4. The summed E-state index contributed by atoms with van der Waals surface area (Å²) in [5.74, 6) is 1.48. The number of aryl methyl sites for hydroxylation is 1. The van der Waals surface area contributed by atoms with Crippen molar-refractivity contribution >= 4 is 21.6 Å². The van der Waals surface area contributed by atoms with E-state index in [-0.39, 0.29) is 0 Å². The van der Waals surface area contributed by atoms with Crippen molar-refractivity contribution < 1.29 is 9.47 Å². The van der Waals surface area contributed by atoms with Crippen LogP contribution in [0.25, 0.3) is 0 Å². The minimum atomic E-state index is 0.500. The lowest BCUT2D eigenvalue weighted by Gasteiger charge is -2.31. The largest absolute Gasteiger partial charge is 0.492 e. The van der Waals surface area contributed by atoms with Crippen molar-refractivity contribution in [3.63, 3.8) is 0 Å². The maximum atomic E-state index is 5.99. The standard InChI is InChI=1S/C15H21BrN2O2/c1-10(2)18-4-5-19-12(8-18)9-20-14-7-11(3)6-13(16)15(14)17/h6-7,9-10H,4-5,8,17H2,1-3H3. The van der Waals surface area contributed by atoms with Gasteiger partial charge in [-0.1, -0.05) is 0 Å². The van der Waals surface area contributed by atoms with Crippen molar-refractivity contribution in [1.29, 1.82) is 0 Å². The van der Waals surface area contributed by atoms with Crippen LogP contribution in [0.3, 0.4) is 0 Å². The van der Waals surface area contributed by atoms with E-state index in [1.54, 1.807) is 6.26 Å². The molecule has 1 aromatic carbocycles. The van der Waals surface area contributed by atoms with Crippen LogP contribution in [-0.4, -0.2) is 30.6 Å². The van der Waals surface area contributed by atoms with Gasteiger partial charge in [0.2, 0.25) is 0 Å². The maximum absolute atomic E-state index is 5.99. The number of nitrogens with zero attached hydrogens (tertiary/aromatic N) is 1. The number of hydrogen-bond donors (Lipinski definition) is 1. The zero-order valence-corrected chi connectivity index (χ0v) is 13.7. The lowest BCUT2D eigenvalue weighted by atomic mass is 10.2. The Hall–Kier alpha value is -1.20. The average molecular weight is 341 g/mol. The van der Waals surface area contributed by atoms with Crippen LogP contribution in [0.15, 0.2) is 28.6 Å². The molecule has 4 nitrogen and oxygen atoms in total. The van der Waals surface area contributed by atoms with Crippen LogP contribution in [0.1, 0.15) is 19.4 Å². The third-order valence-corrected chi connectivity index (χ3v) is 3.96. The molecule has 1 heterocycles. The Bertz CT molecular complexity index is 515. The van der Waals surface area contributed by atoms with Gasteiger partial charge in [0.25, 0.3) is 0 Å². The molecule has 0 bridgehead atoms. The Balaban J connectivity index is 2.09. The molecular weight excluding hydrogens is 320 g/mol. The normalized spacial score (nSPS) is 18.4. The molecule has 0 amide bonds. The van der Waals surface area contributed by atoms with Crippen LogP contribution in [0.2, 0.25) is 0 Å². The van der Waals surface area contributed by atoms with Crippen molar-refractivity contribution in [2.24, 2.45) is 0 Å². The van der Waals surface area contributed by atoms with Crippen molar-refractivity contribution in [3.05, 3.63) is 34.2 Å². The van der Waals surface area contributed by atoms with E-state index in [4.69, 9.17) is 15.2 Å². The van der Waals surface area contributed by atoms with Gasteiger partial charge in [-0.05, 0) is 54.4 Å². The smallest absolute Gasteiger partial charge is 0.151 e. The zero-order chi connectivity index (χ0) is 14.7. The Labute approximate surface area is 128 Å². The van der Waals surface area contributed by atoms with Gasteiger partial charge in [0.15, 0.2) is 5.75 Å².